The number of methoxy groups -OCH3 is 1. The van der Waals surface area contributed by atoms with Crippen molar-refractivity contribution in [3.8, 4) is 5.75 Å². The second-order valence-corrected chi connectivity index (χ2v) is 7.54. The number of nitrogens with zero attached hydrogens (tertiary/aromatic N) is 5. The van der Waals surface area contributed by atoms with Crippen molar-refractivity contribution in [2.75, 3.05) is 43.5 Å². The zero-order chi connectivity index (χ0) is 22.3. The third-order valence-corrected chi connectivity index (χ3v) is 5.27. The van der Waals surface area contributed by atoms with Crippen LogP contribution in [-0.4, -0.2) is 59.3 Å². The largest absolute Gasteiger partial charge is 0.497 e. The van der Waals surface area contributed by atoms with Gasteiger partial charge in [0.2, 0.25) is 5.91 Å². The first-order valence-corrected chi connectivity index (χ1v) is 10.5. The van der Waals surface area contributed by atoms with Crippen LogP contribution in [0.4, 0.5) is 17.5 Å². The summed E-state index contributed by atoms with van der Waals surface area (Å²) >= 11 is 0. The highest BCUT2D eigenvalue weighted by molar-refractivity contribution is 5.92. The van der Waals surface area contributed by atoms with Gasteiger partial charge in [-0.05, 0) is 60.5 Å². The first-order valence-electron chi connectivity index (χ1n) is 10.5. The quantitative estimate of drug-likeness (QED) is 0.601. The molecule has 8 nitrogen and oxygen atoms in total. The van der Waals surface area contributed by atoms with Gasteiger partial charge in [-0.25, -0.2) is 4.98 Å². The lowest BCUT2D eigenvalue weighted by Crippen LogP contribution is -2.48. The van der Waals surface area contributed by atoms with E-state index in [0.717, 1.165) is 28.5 Å². The summed E-state index contributed by atoms with van der Waals surface area (Å²) in [6.07, 6.45) is 5.21. The fourth-order valence-corrected chi connectivity index (χ4v) is 3.44. The molecule has 1 amide bonds. The number of aryl methyl sites for hydroxylation is 1. The number of hydrogen-bond donors (Lipinski definition) is 1. The maximum Gasteiger partial charge on any atom is 0.246 e. The van der Waals surface area contributed by atoms with Gasteiger partial charge < -0.3 is 19.9 Å². The number of amides is 1. The number of piperazine rings is 1. The normalized spacial score (nSPS) is 13.9. The second kappa shape index (κ2) is 9.91. The van der Waals surface area contributed by atoms with Gasteiger partial charge in [-0.1, -0.05) is 12.1 Å². The Bertz CT molecular complexity index is 1070. The van der Waals surface area contributed by atoms with Crippen LogP contribution in [0, 0.1) is 6.92 Å². The molecule has 0 atom stereocenters. The minimum absolute atomic E-state index is 0.0109. The molecule has 3 aromatic rings. The number of pyridine rings is 1. The molecule has 1 fully saturated rings. The number of nitrogens with one attached hydrogen (secondary N) is 1. The van der Waals surface area contributed by atoms with E-state index in [1.54, 1.807) is 19.4 Å². The molecule has 0 radical (unpaired) electrons. The summed E-state index contributed by atoms with van der Waals surface area (Å²) in [5.74, 6) is 2.99. The van der Waals surface area contributed by atoms with Crippen molar-refractivity contribution in [1.29, 1.82) is 0 Å². The van der Waals surface area contributed by atoms with Crippen LogP contribution >= 0.6 is 0 Å². The van der Waals surface area contributed by atoms with Crippen LogP contribution in [0.5, 0.6) is 5.75 Å². The number of benzene rings is 1. The highest BCUT2D eigenvalue weighted by Gasteiger charge is 2.20. The van der Waals surface area contributed by atoms with E-state index in [2.05, 4.69) is 25.4 Å². The molecule has 0 aliphatic carbocycles. The molecule has 0 spiro atoms. The van der Waals surface area contributed by atoms with Crippen molar-refractivity contribution >= 4 is 29.4 Å². The first kappa shape index (κ1) is 21.3. The molecule has 1 saturated heterocycles. The molecule has 0 saturated carbocycles. The molecule has 8 heteroatoms. The Morgan fingerprint density at radius 1 is 1.00 bits per heavy atom. The van der Waals surface area contributed by atoms with Gasteiger partial charge in [0.05, 0.1) is 7.11 Å². The standard InChI is InChI=1S/C24H26N6O2/c1-18-11-12-25-22(17-18)26-21-8-9-23(28-27-21)29-13-15-30(16-14-29)24(31)10-5-19-3-6-20(32-2)7-4-19/h3-12,17H,13-16H2,1-2H3,(H,25,26,27)/b10-5+. The Labute approximate surface area is 187 Å². The third-order valence-electron chi connectivity index (χ3n) is 5.27. The van der Waals surface area contributed by atoms with Crippen LogP contribution in [0.3, 0.4) is 0 Å². The number of carbonyl (C=O) groups excluding carboxylic acids is 1. The molecule has 1 aliphatic heterocycles. The Kier molecular flexibility index (Phi) is 6.60. The maximum absolute atomic E-state index is 12.5. The van der Waals surface area contributed by atoms with Gasteiger partial charge in [0.15, 0.2) is 11.6 Å². The average molecular weight is 431 g/mol. The van der Waals surface area contributed by atoms with Gasteiger partial charge >= 0.3 is 0 Å². The van der Waals surface area contributed by atoms with Gasteiger partial charge in [-0.15, -0.1) is 10.2 Å². The van der Waals surface area contributed by atoms with E-state index in [1.807, 2.05) is 66.4 Å². The van der Waals surface area contributed by atoms with E-state index < -0.39 is 0 Å². The molecule has 32 heavy (non-hydrogen) atoms. The zero-order valence-corrected chi connectivity index (χ0v) is 18.2. The van der Waals surface area contributed by atoms with Crippen molar-refractivity contribution in [3.05, 3.63) is 71.9 Å². The van der Waals surface area contributed by atoms with E-state index >= 15 is 0 Å². The fourth-order valence-electron chi connectivity index (χ4n) is 3.44. The smallest absolute Gasteiger partial charge is 0.246 e. The van der Waals surface area contributed by atoms with Gasteiger partial charge in [0.25, 0.3) is 0 Å². The monoisotopic (exact) mass is 430 g/mol. The van der Waals surface area contributed by atoms with Crippen molar-refractivity contribution < 1.29 is 9.53 Å². The average Bonchev–Trinajstić information content (AvgIpc) is 2.83. The van der Waals surface area contributed by atoms with Crippen LogP contribution in [0.1, 0.15) is 11.1 Å². The second-order valence-electron chi connectivity index (χ2n) is 7.54. The van der Waals surface area contributed by atoms with Crippen LogP contribution in [-0.2, 0) is 4.79 Å². The summed E-state index contributed by atoms with van der Waals surface area (Å²) in [5.41, 5.74) is 2.08. The lowest BCUT2D eigenvalue weighted by Gasteiger charge is -2.34. The number of anilines is 3. The topological polar surface area (TPSA) is 83.5 Å². The molecular weight excluding hydrogens is 404 g/mol. The van der Waals surface area contributed by atoms with E-state index in [-0.39, 0.29) is 5.91 Å². The summed E-state index contributed by atoms with van der Waals surface area (Å²) in [7, 11) is 1.63. The minimum atomic E-state index is 0.0109. The molecule has 3 heterocycles. The van der Waals surface area contributed by atoms with E-state index in [9.17, 15) is 4.79 Å². The van der Waals surface area contributed by atoms with Gasteiger partial charge in [-0.3, -0.25) is 4.79 Å². The summed E-state index contributed by atoms with van der Waals surface area (Å²) in [4.78, 5) is 20.8. The van der Waals surface area contributed by atoms with Crippen molar-refractivity contribution in [2.45, 2.75) is 6.92 Å². The summed E-state index contributed by atoms with van der Waals surface area (Å²) < 4.78 is 5.15. The molecule has 0 bridgehead atoms. The van der Waals surface area contributed by atoms with Crippen molar-refractivity contribution in [2.24, 2.45) is 0 Å². The third kappa shape index (κ3) is 5.40. The van der Waals surface area contributed by atoms with Gasteiger partial charge in [0.1, 0.15) is 11.6 Å². The van der Waals surface area contributed by atoms with Crippen LogP contribution in [0.15, 0.2) is 60.8 Å². The van der Waals surface area contributed by atoms with Crippen molar-refractivity contribution in [3.63, 3.8) is 0 Å². The SMILES string of the molecule is COc1ccc(/C=C/C(=O)N2CCN(c3ccc(Nc4cc(C)ccn4)nn3)CC2)cc1. The fraction of sp³-hybridized carbons (Fsp3) is 0.250. The number of aromatic nitrogens is 3. The highest BCUT2D eigenvalue weighted by atomic mass is 16.5. The molecular formula is C24H26N6O2. The summed E-state index contributed by atoms with van der Waals surface area (Å²) in [6.45, 7) is 4.72. The predicted octanol–water partition coefficient (Wildman–Crippen LogP) is 3.29. The Morgan fingerprint density at radius 2 is 1.78 bits per heavy atom. The molecule has 1 aliphatic rings. The van der Waals surface area contributed by atoms with E-state index in [4.69, 9.17) is 4.74 Å². The minimum Gasteiger partial charge on any atom is -0.497 e. The Balaban J connectivity index is 1.29. The lowest BCUT2D eigenvalue weighted by molar-refractivity contribution is -0.126. The Hall–Kier alpha value is -3.94. The zero-order valence-electron chi connectivity index (χ0n) is 18.2. The van der Waals surface area contributed by atoms with E-state index in [0.29, 0.717) is 32.0 Å². The first-order chi connectivity index (χ1) is 15.6. The number of ether oxygens (including phenoxy) is 1. The van der Waals surface area contributed by atoms with Gasteiger partial charge in [0, 0.05) is 38.5 Å². The lowest BCUT2D eigenvalue weighted by atomic mass is 10.2. The van der Waals surface area contributed by atoms with Crippen molar-refractivity contribution in [1.82, 2.24) is 20.1 Å². The molecule has 1 N–H and O–H groups in total. The predicted molar refractivity (Wildman–Crippen MR) is 125 cm³/mol. The molecule has 4 rings (SSSR count). The van der Waals surface area contributed by atoms with Gasteiger partial charge in [-0.2, -0.15) is 0 Å². The maximum atomic E-state index is 12.5. The van der Waals surface area contributed by atoms with Crippen LogP contribution in [0.2, 0.25) is 0 Å². The van der Waals surface area contributed by atoms with Crippen LogP contribution in [0.25, 0.3) is 6.08 Å². The van der Waals surface area contributed by atoms with Crippen LogP contribution < -0.4 is 15.0 Å². The molecule has 164 valence electrons. The number of hydrogen-bond acceptors (Lipinski definition) is 7. The van der Waals surface area contributed by atoms with E-state index in [1.165, 1.54) is 0 Å². The molecule has 1 aromatic carbocycles. The molecule has 0 unspecified atom stereocenters. The number of rotatable bonds is 6. The highest BCUT2D eigenvalue weighted by Crippen LogP contribution is 2.17. The Morgan fingerprint density at radius 3 is 2.44 bits per heavy atom. The summed E-state index contributed by atoms with van der Waals surface area (Å²) in [6, 6.07) is 15.3. The molecule has 2 aromatic heterocycles. The summed E-state index contributed by atoms with van der Waals surface area (Å²) in [5, 5.41) is 11.8. The number of carbonyl (C=O) groups is 1.